The molecule has 2 heterocycles. The summed E-state index contributed by atoms with van der Waals surface area (Å²) < 4.78 is 11.0. The van der Waals surface area contributed by atoms with Crippen molar-refractivity contribution in [2.45, 2.75) is 26.4 Å². The van der Waals surface area contributed by atoms with Crippen LogP contribution in [0, 0.1) is 10.1 Å². The lowest BCUT2D eigenvalue weighted by Crippen LogP contribution is -2.50. The van der Waals surface area contributed by atoms with Gasteiger partial charge in [-0.25, -0.2) is 4.79 Å². The van der Waals surface area contributed by atoms with Gasteiger partial charge < -0.3 is 19.0 Å². The average Bonchev–Trinajstić information content (AvgIpc) is 2.95. The van der Waals surface area contributed by atoms with Crippen molar-refractivity contribution >= 4 is 40.5 Å². The fraction of sp³-hybridized carbons (Fsp3) is 0.500. The Kier molecular flexibility index (Phi) is 4.66. The molecule has 3 rings (SSSR count). The highest BCUT2D eigenvalue weighted by molar-refractivity contribution is 6.33. The van der Waals surface area contributed by atoms with E-state index < -0.39 is 10.5 Å². The minimum absolute atomic E-state index is 0.0112. The largest absolute Gasteiger partial charge is 0.444 e. The molecule has 1 aliphatic heterocycles. The van der Waals surface area contributed by atoms with Gasteiger partial charge in [-0.1, -0.05) is 11.6 Å². The molecule has 0 saturated carbocycles. The van der Waals surface area contributed by atoms with Crippen molar-refractivity contribution in [1.29, 1.82) is 0 Å². The molecule has 1 aromatic heterocycles. The first-order valence-electron chi connectivity index (χ1n) is 8.11. The van der Waals surface area contributed by atoms with Crippen molar-refractivity contribution < 1.29 is 18.9 Å². The Morgan fingerprint density at radius 1 is 1.31 bits per heavy atom. The molecule has 1 fully saturated rings. The first-order valence-corrected chi connectivity index (χ1v) is 8.49. The molecular weight excluding hydrogens is 364 g/mol. The Balaban J connectivity index is 1.71. The lowest BCUT2D eigenvalue weighted by molar-refractivity contribution is -0.384. The SMILES string of the molecule is CC(C)(C)OC(=O)N1CCN(c2nc3cc(Cl)c([N+](=O)[O-])cc3o2)CC1. The van der Waals surface area contributed by atoms with E-state index in [1.54, 1.807) is 4.90 Å². The van der Waals surface area contributed by atoms with Crippen molar-refractivity contribution in [3.05, 3.63) is 27.3 Å². The zero-order valence-corrected chi connectivity index (χ0v) is 15.4. The van der Waals surface area contributed by atoms with Crippen LogP contribution in [0.2, 0.25) is 5.02 Å². The predicted molar refractivity (Wildman–Crippen MR) is 95.7 cm³/mol. The van der Waals surface area contributed by atoms with Gasteiger partial charge in [-0.2, -0.15) is 4.98 Å². The molecule has 26 heavy (non-hydrogen) atoms. The summed E-state index contributed by atoms with van der Waals surface area (Å²) in [7, 11) is 0. The van der Waals surface area contributed by atoms with Crippen molar-refractivity contribution in [2.75, 3.05) is 31.1 Å². The smallest absolute Gasteiger partial charge is 0.410 e. The third kappa shape index (κ3) is 3.82. The Morgan fingerprint density at radius 3 is 2.54 bits per heavy atom. The van der Waals surface area contributed by atoms with Crippen molar-refractivity contribution in [3.8, 4) is 0 Å². The molecule has 0 spiro atoms. The zero-order chi connectivity index (χ0) is 19.1. The van der Waals surface area contributed by atoms with Gasteiger partial charge in [0.25, 0.3) is 11.7 Å². The van der Waals surface area contributed by atoms with Crippen molar-refractivity contribution in [1.82, 2.24) is 9.88 Å². The van der Waals surface area contributed by atoms with Crippen LogP contribution >= 0.6 is 11.6 Å². The highest BCUT2D eigenvalue weighted by atomic mass is 35.5. The molecule has 0 unspecified atom stereocenters. The van der Waals surface area contributed by atoms with E-state index in [-0.39, 0.29) is 16.8 Å². The van der Waals surface area contributed by atoms with Gasteiger partial charge in [0.1, 0.15) is 16.1 Å². The number of anilines is 1. The molecule has 9 nitrogen and oxygen atoms in total. The topological polar surface area (TPSA) is 102 Å². The van der Waals surface area contributed by atoms with E-state index in [1.165, 1.54) is 12.1 Å². The summed E-state index contributed by atoms with van der Waals surface area (Å²) in [5.74, 6) is 0. The van der Waals surface area contributed by atoms with Gasteiger partial charge >= 0.3 is 6.09 Å². The van der Waals surface area contributed by atoms with Crippen LogP contribution < -0.4 is 4.90 Å². The van der Waals surface area contributed by atoms with Gasteiger partial charge in [-0.15, -0.1) is 0 Å². The highest BCUT2D eigenvalue weighted by Crippen LogP contribution is 2.32. The van der Waals surface area contributed by atoms with E-state index in [0.29, 0.717) is 43.3 Å². The van der Waals surface area contributed by atoms with Crippen LogP contribution in [-0.2, 0) is 4.74 Å². The van der Waals surface area contributed by atoms with Gasteiger partial charge in [0, 0.05) is 26.2 Å². The third-order valence-corrected chi connectivity index (χ3v) is 4.15. The third-order valence-electron chi connectivity index (χ3n) is 3.84. The number of rotatable bonds is 2. The monoisotopic (exact) mass is 382 g/mol. The van der Waals surface area contributed by atoms with Gasteiger partial charge in [-0.05, 0) is 26.8 Å². The van der Waals surface area contributed by atoms with E-state index >= 15 is 0 Å². The van der Waals surface area contributed by atoms with E-state index in [1.807, 2.05) is 25.7 Å². The molecule has 0 aliphatic carbocycles. The fourth-order valence-electron chi connectivity index (χ4n) is 2.61. The Morgan fingerprint density at radius 2 is 1.96 bits per heavy atom. The number of hydrogen-bond acceptors (Lipinski definition) is 7. The summed E-state index contributed by atoms with van der Waals surface area (Å²) >= 11 is 5.90. The Labute approximate surface area is 154 Å². The maximum atomic E-state index is 12.1. The maximum Gasteiger partial charge on any atom is 0.410 e. The molecule has 1 amide bonds. The number of amides is 1. The molecule has 0 bridgehead atoms. The molecule has 0 N–H and O–H groups in total. The summed E-state index contributed by atoms with van der Waals surface area (Å²) in [4.78, 5) is 30.4. The van der Waals surface area contributed by atoms with Gasteiger partial charge in [0.15, 0.2) is 5.58 Å². The molecule has 2 aromatic rings. The van der Waals surface area contributed by atoms with E-state index in [2.05, 4.69) is 4.98 Å². The van der Waals surface area contributed by atoms with Crippen LogP contribution in [0.1, 0.15) is 20.8 Å². The number of piperazine rings is 1. The van der Waals surface area contributed by atoms with Gasteiger partial charge in [0.2, 0.25) is 0 Å². The Hall–Kier alpha value is -2.55. The maximum absolute atomic E-state index is 12.1. The number of hydrogen-bond donors (Lipinski definition) is 0. The number of ether oxygens (including phenoxy) is 1. The molecule has 0 atom stereocenters. The molecule has 1 saturated heterocycles. The highest BCUT2D eigenvalue weighted by Gasteiger charge is 2.28. The lowest BCUT2D eigenvalue weighted by Gasteiger charge is -2.34. The van der Waals surface area contributed by atoms with Crippen LogP contribution in [0.25, 0.3) is 11.1 Å². The zero-order valence-electron chi connectivity index (χ0n) is 14.7. The average molecular weight is 383 g/mol. The second-order valence-electron chi connectivity index (χ2n) is 6.98. The number of nitrogens with zero attached hydrogens (tertiary/aromatic N) is 4. The lowest BCUT2D eigenvalue weighted by atomic mass is 10.2. The number of aromatic nitrogens is 1. The molecule has 140 valence electrons. The summed E-state index contributed by atoms with van der Waals surface area (Å²) in [5, 5.41) is 11.0. The van der Waals surface area contributed by atoms with Crippen LogP contribution in [0.5, 0.6) is 0 Å². The van der Waals surface area contributed by atoms with E-state index in [0.717, 1.165) is 0 Å². The molecule has 1 aliphatic rings. The number of carbonyl (C=O) groups is 1. The standard InChI is InChI=1S/C16H19ClN4O5/c1-16(2,3)26-15(22)20-6-4-19(5-7-20)14-18-11-8-10(17)12(21(23)24)9-13(11)25-14/h8-9H,4-7H2,1-3H3. The number of benzene rings is 1. The summed E-state index contributed by atoms with van der Waals surface area (Å²) in [6.07, 6.45) is -0.350. The number of oxazole rings is 1. The minimum Gasteiger partial charge on any atom is -0.444 e. The first-order chi connectivity index (χ1) is 12.1. The number of halogens is 1. The van der Waals surface area contributed by atoms with Crippen molar-refractivity contribution in [2.24, 2.45) is 0 Å². The van der Waals surface area contributed by atoms with E-state index in [4.69, 9.17) is 20.8 Å². The van der Waals surface area contributed by atoms with Crippen LogP contribution in [0.15, 0.2) is 16.5 Å². The number of nitro groups is 1. The summed E-state index contributed by atoms with van der Waals surface area (Å²) in [6, 6.07) is 3.03. The number of nitro benzene ring substituents is 1. The normalized spacial score (nSPS) is 15.4. The molecule has 1 aromatic carbocycles. The summed E-state index contributed by atoms with van der Waals surface area (Å²) in [6.45, 7) is 7.43. The second kappa shape index (κ2) is 6.64. The second-order valence-corrected chi connectivity index (χ2v) is 7.39. The van der Waals surface area contributed by atoms with Gasteiger partial charge in [0.05, 0.1) is 11.0 Å². The Bertz CT molecular complexity index is 852. The van der Waals surface area contributed by atoms with Crippen LogP contribution in [0.3, 0.4) is 0 Å². The first kappa shape index (κ1) is 18.2. The van der Waals surface area contributed by atoms with E-state index in [9.17, 15) is 14.9 Å². The molecule has 10 heteroatoms. The van der Waals surface area contributed by atoms with Crippen molar-refractivity contribution in [3.63, 3.8) is 0 Å². The predicted octanol–water partition coefficient (Wildman–Crippen LogP) is 3.45. The number of carbonyl (C=O) groups excluding carboxylic acids is 1. The van der Waals surface area contributed by atoms with Crippen LogP contribution in [0.4, 0.5) is 16.5 Å². The quantitative estimate of drug-likeness (QED) is 0.579. The number of fused-ring (bicyclic) bond motifs is 1. The van der Waals surface area contributed by atoms with Gasteiger partial charge in [-0.3, -0.25) is 10.1 Å². The summed E-state index contributed by atoms with van der Waals surface area (Å²) in [5.41, 5.74) is -0.0184. The fourth-order valence-corrected chi connectivity index (χ4v) is 2.83. The molecule has 0 radical (unpaired) electrons. The molecular formula is C16H19ClN4O5. The van der Waals surface area contributed by atoms with Crippen LogP contribution in [-0.4, -0.2) is 52.7 Å². The minimum atomic E-state index is -0.566.